The van der Waals surface area contributed by atoms with Crippen LogP contribution in [0.2, 0.25) is 0 Å². The number of hydrogen-bond acceptors (Lipinski definition) is 4. The van der Waals surface area contributed by atoms with E-state index in [0.29, 0.717) is 18.0 Å². The third-order valence-corrected chi connectivity index (χ3v) is 4.84. The molecular formula is C13H21N3O2S. The molecule has 0 amide bonds. The Morgan fingerprint density at radius 2 is 1.89 bits per heavy atom. The summed E-state index contributed by atoms with van der Waals surface area (Å²) in [6, 6.07) is 6.81. The molecule has 0 atom stereocenters. The SMILES string of the molecule is CCCNS(=O)(=O)c1ccc(NC2(CN)CC2)cc1. The molecule has 0 unspecified atom stereocenters. The highest BCUT2D eigenvalue weighted by Crippen LogP contribution is 2.37. The maximum absolute atomic E-state index is 11.9. The van der Waals surface area contributed by atoms with Gasteiger partial charge >= 0.3 is 0 Å². The van der Waals surface area contributed by atoms with Crippen LogP contribution in [0.5, 0.6) is 0 Å². The summed E-state index contributed by atoms with van der Waals surface area (Å²) in [6.45, 7) is 2.99. The first-order valence-corrected chi connectivity index (χ1v) is 8.08. The van der Waals surface area contributed by atoms with E-state index in [1.54, 1.807) is 24.3 Å². The summed E-state index contributed by atoms with van der Waals surface area (Å²) in [4.78, 5) is 0.295. The summed E-state index contributed by atoms with van der Waals surface area (Å²) in [5.74, 6) is 0. The van der Waals surface area contributed by atoms with E-state index in [2.05, 4.69) is 10.0 Å². The molecule has 0 radical (unpaired) electrons. The minimum absolute atomic E-state index is 0.0286. The molecule has 1 fully saturated rings. The van der Waals surface area contributed by atoms with E-state index < -0.39 is 10.0 Å². The molecule has 1 aromatic carbocycles. The Morgan fingerprint density at radius 3 is 2.37 bits per heavy atom. The van der Waals surface area contributed by atoms with Crippen molar-refractivity contribution in [2.75, 3.05) is 18.4 Å². The highest BCUT2D eigenvalue weighted by molar-refractivity contribution is 7.89. The lowest BCUT2D eigenvalue weighted by Gasteiger charge is -2.16. The zero-order valence-corrected chi connectivity index (χ0v) is 12.0. The maximum atomic E-state index is 11.9. The van der Waals surface area contributed by atoms with Gasteiger partial charge in [-0.2, -0.15) is 0 Å². The Morgan fingerprint density at radius 1 is 1.26 bits per heavy atom. The summed E-state index contributed by atoms with van der Waals surface area (Å²) in [6.07, 6.45) is 2.92. The maximum Gasteiger partial charge on any atom is 0.240 e. The second-order valence-electron chi connectivity index (χ2n) is 5.03. The van der Waals surface area contributed by atoms with Crippen molar-refractivity contribution in [1.29, 1.82) is 0 Å². The average Bonchev–Trinajstić information content (AvgIpc) is 3.17. The fourth-order valence-electron chi connectivity index (χ4n) is 1.87. The van der Waals surface area contributed by atoms with Gasteiger partial charge in [-0.15, -0.1) is 0 Å². The smallest absolute Gasteiger partial charge is 0.240 e. The summed E-state index contributed by atoms with van der Waals surface area (Å²) < 4.78 is 26.4. The summed E-state index contributed by atoms with van der Waals surface area (Å²) >= 11 is 0. The van der Waals surface area contributed by atoms with Gasteiger partial charge in [-0.25, -0.2) is 13.1 Å². The van der Waals surface area contributed by atoms with Crippen molar-refractivity contribution in [3.63, 3.8) is 0 Å². The van der Waals surface area contributed by atoms with E-state index >= 15 is 0 Å². The lowest BCUT2D eigenvalue weighted by Crippen LogP contribution is -2.30. The molecule has 0 bridgehead atoms. The van der Waals surface area contributed by atoms with Gasteiger partial charge in [-0.05, 0) is 43.5 Å². The van der Waals surface area contributed by atoms with Crippen molar-refractivity contribution in [3.8, 4) is 0 Å². The third-order valence-electron chi connectivity index (χ3n) is 3.36. The van der Waals surface area contributed by atoms with E-state index in [9.17, 15) is 8.42 Å². The van der Waals surface area contributed by atoms with Crippen molar-refractivity contribution in [2.24, 2.45) is 5.73 Å². The summed E-state index contributed by atoms with van der Waals surface area (Å²) in [5, 5.41) is 3.36. The van der Waals surface area contributed by atoms with Crippen molar-refractivity contribution < 1.29 is 8.42 Å². The minimum atomic E-state index is -3.38. The third kappa shape index (κ3) is 3.46. The van der Waals surface area contributed by atoms with E-state index in [4.69, 9.17) is 5.73 Å². The molecule has 1 aliphatic rings. The Kier molecular flexibility index (Phi) is 4.13. The molecule has 1 aliphatic carbocycles. The molecule has 6 heteroatoms. The lowest BCUT2D eigenvalue weighted by atomic mass is 10.2. The van der Waals surface area contributed by atoms with Gasteiger partial charge in [0.15, 0.2) is 0 Å². The fraction of sp³-hybridized carbons (Fsp3) is 0.538. The van der Waals surface area contributed by atoms with Crippen LogP contribution >= 0.6 is 0 Å². The Labute approximate surface area is 114 Å². The van der Waals surface area contributed by atoms with Crippen LogP contribution in [0.3, 0.4) is 0 Å². The largest absolute Gasteiger partial charge is 0.378 e. The van der Waals surface area contributed by atoms with Gasteiger partial charge < -0.3 is 11.1 Å². The standard InChI is InChI=1S/C13H21N3O2S/c1-2-9-15-19(17,18)12-5-3-11(4-6-12)16-13(10-14)7-8-13/h3-6,15-16H,2,7-10,14H2,1H3. The first-order chi connectivity index (χ1) is 9.01. The fourth-order valence-corrected chi connectivity index (χ4v) is 3.01. The molecule has 19 heavy (non-hydrogen) atoms. The molecule has 0 aromatic heterocycles. The number of rotatable bonds is 7. The zero-order valence-electron chi connectivity index (χ0n) is 11.1. The van der Waals surface area contributed by atoms with Gasteiger partial charge in [0.1, 0.15) is 0 Å². The van der Waals surface area contributed by atoms with Gasteiger partial charge in [0.05, 0.1) is 4.90 Å². The molecular weight excluding hydrogens is 262 g/mol. The molecule has 1 saturated carbocycles. The molecule has 2 rings (SSSR count). The second kappa shape index (κ2) is 5.48. The van der Waals surface area contributed by atoms with Crippen LogP contribution in [0.25, 0.3) is 0 Å². The number of benzene rings is 1. The van der Waals surface area contributed by atoms with Gasteiger partial charge in [-0.3, -0.25) is 0 Å². The quantitative estimate of drug-likeness (QED) is 0.704. The van der Waals surface area contributed by atoms with E-state index in [1.807, 2.05) is 6.92 Å². The van der Waals surface area contributed by atoms with Crippen LogP contribution < -0.4 is 15.8 Å². The Bertz CT molecular complexity index is 521. The van der Waals surface area contributed by atoms with Crippen LogP contribution in [0.4, 0.5) is 5.69 Å². The Balaban J connectivity index is 2.06. The summed E-state index contributed by atoms with van der Waals surface area (Å²) in [5.41, 5.74) is 6.65. The van der Waals surface area contributed by atoms with Crippen LogP contribution in [-0.4, -0.2) is 27.0 Å². The zero-order chi connectivity index (χ0) is 13.9. The number of hydrogen-bond donors (Lipinski definition) is 3. The van der Waals surface area contributed by atoms with Gasteiger partial charge in [0.2, 0.25) is 10.0 Å². The molecule has 4 N–H and O–H groups in total. The second-order valence-corrected chi connectivity index (χ2v) is 6.80. The number of anilines is 1. The molecule has 1 aromatic rings. The predicted octanol–water partition coefficient (Wildman–Crippen LogP) is 1.28. The van der Waals surface area contributed by atoms with Crippen molar-refractivity contribution in [3.05, 3.63) is 24.3 Å². The van der Waals surface area contributed by atoms with E-state index in [-0.39, 0.29) is 5.54 Å². The van der Waals surface area contributed by atoms with Crippen molar-refractivity contribution in [1.82, 2.24) is 4.72 Å². The molecule has 106 valence electrons. The average molecular weight is 283 g/mol. The van der Waals surface area contributed by atoms with Gasteiger partial charge in [-0.1, -0.05) is 6.92 Å². The van der Waals surface area contributed by atoms with Gasteiger partial charge in [0.25, 0.3) is 0 Å². The number of sulfonamides is 1. The Hall–Kier alpha value is -1.11. The normalized spacial score (nSPS) is 17.2. The molecule has 0 heterocycles. The molecule has 5 nitrogen and oxygen atoms in total. The van der Waals surface area contributed by atoms with E-state index in [0.717, 1.165) is 24.9 Å². The molecule has 0 saturated heterocycles. The number of nitrogens with one attached hydrogen (secondary N) is 2. The van der Waals surface area contributed by atoms with Crippen LogP contribution in [-0.2, 0) is 10.0 Å². The first kappa shape index (κ1) is 14.3. The predicted molar refractivity (Wildman–Crippen MR) is 76.6 cm³/mol. The van der Waals surface area contributed by atoms with Crippen LogP contribution in [0.1, 0.15) is 26.2 Å². The first-order valence-electron chi connectivity index (χ1n) is 6.59. The topological polar surface area (TPSA) is 84.2 Å². The molecule has 0 spiro atoms. The summed E-state index contributed by atoms with van der Waals surface area (Å²) in [7, 11) is -3.38. The van der Waals surface area contributed by atoms with Crippen LogP contribution in [0.15, 0.2) is 29.2 Å². The van der Waals surface area contributed by atoms with Crippen molar-refractivity contribution in [2.45, 2.75) is 36.6 Å². The van der Waals surface area contributed by atoms with Gasteiger partial charge in [0, 0.05) is 24.3 Å². The highest BCUT2D eigenvalue weighted by Gasteiger charge is 2.41. The minimum Gasteiger partial charge on any atom is -0.378 e. The molecule has 0 aliphatic heterocycles. The van der Waals surface area contributed by atoms with E-state index in [1.165, 1.54) is 0 Å². The van der Waals surface area contributed by atoms with Crippen molar-refractivity contribution >= 4 is 15.7 Å². The number of nitrogens with two attached hydrogens (primary N) is 1. The van der Waals surface area contributed by atoms with Crippen LogP contribution in [0, 0.1) is 0 Å². The monoisotopic (exact) mass is 283 g/mol. The highest BCUT2D eigenvalue weighted by atomic mass is 32.2. The lowest BCUT2D eigenvalue weighted by molar-refractivity contribution is 0.581.